The topological polar surface area (TPSA) is 84.0 Å². The lowest BCUT2D eigenvalue weighted by molar-refractivity contribution is -0.274. The predicted octanol–water partition coefficient (Wildman–Crippen LogP) is 7.72. The van der Waals surface area contributed by atoms with Gasteiger partial charge in [-0.1, -0.05) is 31.6 Å². The minimum atomic E-state index is -9.77. The van der Waals surface area contributed by atoms with Crippen molar-refractivity contribution in [2.45, 2.75) is 55.6 Å². The fourth-order valence-corrected chi connectivity index (χ4v) is 6.17. The molecule has 262 valence electrons. The first-order chi connectivity index (χ1) is 22.3. The number of likely N-dealkylation sites (tertiary alicyclic amines) is 2. The smallest absolute Gasteiger partial charge is 0.490 e. The lowest BCUT2D eigenvalue weighted by Crippen LogP contribution is -2.44. The van der Waals surface area contributed by atoms with Crippen molar-refractivity contribution >= 4 is 22.0 Å². The molecule has 2 fully saturated rings. The number of hydrogen-bond acceptors (Lipinski definition) is 6. The van der Waals surface area contributed by atoms with E-state index >= 15 is 0 Å². The highest BCUT2D eigenvalue weighted by Gasteiger charge is 2.65. The van der Waals surface area contributed by atoms with E-state index in [9.17, 15) is 42.2 Å². The van der Waals surface area contributed by atoms with Crippen LogP contribution in [0.15, 0.2) is 71.8 Å². The average molecular weight is 709 g/mol. The highest BCUT2D eigenvalue weighted by molar-refractivity contribution is 8.45. The summed E-state index contributed by atoms with van der Waals surface area (Å²) in [5.74, 6) is -0.977. The van der Waals surface area contributed by atoms with Crippen molar-refractivity contribution < 1.29 is 51.7 Å². The Morgan fingerprint density at radius 3 is 1.96 bits per heavy atom. The van der Waals surface area contributed by atoms with Gasteiger partial charge in [-0.3, -0.25) is 19.5 Å². The van der Waals surface area contributed by atoms with Crippen molar-refractivity contribution in [1.29, 1.82) is 0 Å². The number of halogens is 8. The van der Waals surface area contributed by atoms with Gasteiger partial charge >= 0.3 is 16.6 Å². The number of pyridine rings is 1. The normalized spacial score (nSPS) is 18.5. The third-order valence-corrected chi connectivity index (χ3v) is 9.19. The number of nitrogens with one attached hydrogen (secondary N) is 1. The number of nitrogens with zero attached hydrogens (tertiary/aromatic N) is 3. The van der Waals surface area contributed by atoms with Gasteiger partial charge in [-0.2, -0.15) is 0 Å². The van der Waals surface area contributed by atoms with Crippen molar-refractivity contribution in [2.75, 3.05) is 26.2 Å². The van der Waals surface area contributed by atoms with Gasteiger partial charge in [0.25, 0.3) is 11.8 Å². The Kier molecular flexibility index (Phi) is 9.33. The molecule has 0 unspecified atom stereocenters. The molecule has 3 heterocycles. The van der Waals surface area contributed by atoms with Crippen molar-refractivity contribution in [3.63, 3.8) is 0 Å². The number of carbonyl (C=O) groups is 2. The zero-order chi connectivity index (χ0) is 34.8. The molecule has 1 N–H and O–H groups in total. The molecule has 2 aliphatic rings. The summed E-state index contributed by atoms with van der Waals surface area (Å²) in [6, 6.07) is 10.8. The van der Waals surface area contributed by atoms with Gasteiger partial charge in [0, 0.05) is 57.8 Å². The zero-order valence-corrected chi connectivity index (χ0v) is 26.1. The minimum Gasteiger partial charge on any atom is -0.490 e. The number of hydrogen-bond donors (Lipinski definition) is 1. The van der Waals surface area contributed by atoms with Gasteiger partial charge in [-0.05, 0) is 66.9 Å². The number of rotatable bonds is 9. The van der Waals surface area contributed by atoms with Crippen LogP contribution in [0, 0.1) is 0 Å². The molecule has 48 heavy (non-hydrogen) atoms. The van der Waals surface area contributed by atoms with Gasteiger partial charge in [-0.15, -0.1) is 13.2 Å². The van der Waals surface area contributed by atoms with Crippen molar-refractivity contribution in [3.8, 4) is 11.5 Å². The largest absolute Gasteiger partial charge is 0.573 e. The van der Waals surface area contributed by atoms with E-state index in [0.29, 0.717) is 57.5 Å². The first-order valence-electron chi connectivity index (χ1n) is 15.0. The van der Waals surface area contributed by atoms with E-state index in [1.54, 1.807) is 12.1 Å². The third-order valence-electron chi connectivity index (χ3n) is 8.03. The fraction of sp³-hybridized carbons (Fsp3) is 0.387. The van der Waals surface area contributed by atoms with Crippen LogP contribution in [0.5, 0.6) is 11.5 Å². The van der Waals surface area contributed by atoms with E-state index in [-0.39, 0.29) is 53.7 Å². The van der Waals surface area contributed by atoms with Crippen LogP contribution in [-0.2, 0) is 6.54 Å². The monoisotopic (exact) mass is 708 g/mol. The third kappa shape index (κ3) is 9.71. The molecule has 1 aromatic heterocycles. The molecule has 0 aliphatic carbocycles. The number of aromatic nitrogens is 1. The van der Waals surface area contributed by atoms with E-state index < -0.39 is 27.6 Å². The van der Waals surface area contributed by atoms with Crippen LogP contribution in [0.25, 0.3) is 0 Å². The summed E-state index contributed by atoms with van der Waals surface area (Å²) < 4.78 is 111. The van der Waals surface area contributed by atoms with Crippen LogP contribution in [0.1, 0.15) is 52.1 Å². The minimum absolute atomic E-state index is 0.0126. The Morgan fingerprint density at radius 1 is 0.812 bits per heavy atom. The van der Waals surface area contributed by atoms with Crippen molar-refractivity contribution in [2.24, 2.45) is 0 Å². The first-order valence-corrected chi connectivity index (χ1v) is 16.9. The SMILES string of the molecule is O=C(NC1CCN(Cc2ccc(OC(F)(F)F)cc2)CC1)c1ccc(C(=O)N2CCC(Oc3ccc(S(F)(F)(F)(F)F)cc3)CC2)nc1. The zero-order valence-electron chi connectivity index (χ0n) is 25.3. The van der Waals surface area contributed by atoms with Crippen LogP contribution < -0.4 is 14.8 Å². The molecule has 2 amide bonds. The maximum Gasteiger partial charge on any atom is 0.573 e. The van der Waals surface area contributed by atoms with Gasteiger partial charge < -0.3 is 19.7 Å². The highest BCUT2D eigenvalue weighted by atomic mass is 32.5. The average Bonchev–Trinajstić information content (AvgIpc) is 3.01. The standard InChI is InChI=1S/C31H32F8N4O4S/c32-31(33,34)47-26-4-1-21(2-5-26)20-42-15-11-23(12-16-42)41-29(44)22-3-10-28(40-19-22)30(45)43-17-13-25(14-18-43)46-24-6-8-27(9-7-24)48(35,36,37,38)39/h1-10,19,23,25H,11-18,20H2,(H,41,44). The van der Waals surface area contributed by atoms with Gasteiger partial charge in [0.15, 0.2) is 0 Å². The number of piperidine rings is 2. The summed E-state index contributed by atoms with van der Waals surface area (Å²) in [4.78, 5) is 31.7. The van der Waals surface area contributed by atoms with Crippen molar-refractivity contribution in [1.82, 2.24) is 20.1 Å². The number of ether oxygens (including phenoxy) is 2. The summed E-state index contributed by atoms with van der Waals surface area (Å²) in [5.41, 5.74) is 1.24. The van der Waals surface area contributed by atoms with Crippen LogP contribution in [0.2, 0.25) is 0 Å². The van der Waals surface area contributed by atoms with Gasteiger partial charge in [-0.25, -0.2) is 0 Å². The van der Waals surface area contributed by atoms with Crippen LogP contribution in [0.4, 0.5) is 32.6 Å². The second kappa shape index (κ2) is 12.7. The lowest BCUT2D eigenvalue weighted by atomic mass is 10.0. The van der Waals surface area contributed by atoms with Crippen LogP contribution in [-0.4, -0.2) is 71.3 Å². The quantitative estimate of drug-likeness (QED) is 0.230. The summed E-state index contributed by atoms with van der Waals surface area (Å²) in [6.45, 7) is 2.43. The number of carbonyl (C=O) groups excluding carboxylic acids is 2. The molecule has 8 nitrogen and oxygen atoms in total. The maximum absolute atomic E-state index is 13.0. The number of amides is 2. The Bertz CT molecular complexity index is 1590. The molecule has 0 radical (unpaired) electrons. The molecule has 3 aromatic rings. The molecule has 2 aliphatic heterocycles. The van der Waals surface area contributed by atoms with Gasteiger partial charge in [0.1, 0.15) is 28.2 Å². The summed E-state index contributed by atoms with van der Waals surface area (Å²) in [6.07, 6.45) is -1.81. The Balaban J connectivity index is 1.04. The molecule has 0 spiro atoms. The molecule has 0 bridgehead atoms. The summed E-state index contributed by atoms with van der Waals surface area (Å²) in [5, 5.41) is 2.97. The molecule has 2 aromatic carbocycles. The molecule has 0 saturated carbocycles. The molecular weight excluding hydrogens is 676 g/mol. The molecule has 17 heteroatoms. The van der Waals surface area contributed by atoms with Crippen molar-refractivity contribution in [3.05, 3.63) is 83.7 Å². The maximum atomic E-state index is 13.0. The second-order valence-corrected chi connectivity index (χ2v) is 14.1. The number of alkyl halides is 3. The van der Waals surface area contributed by atoms with Crippen LogP contribution in [0.3, 0.4) is 0 Å². The second-order valence-electron chi connectivity index (χ2n) is 11.7. The first kappa shape index (κ1) is 35.2. The van der Waals surface area contributed by atoms with E-state index in [1.807, 2.05) is 0 Å². The van der Waals surface area contributed by atoms with Gasteiger partial charge in [0.2, 0.25) is 0 Å². The van der Waals surface area contributed by atoms with E-state index in [2.05, 4.69) is 19.9 Å². The molecule has 5 rings (SSSR count). The van der Waals surface area contributed by atoms with Crippen LogP contribution >= 0.6 is 10.2 Å². The summed E-state index contributed by atoms with van der Waals surface area (Å²) in [7, 11) is -9.77. The lowest BCUT2D eigenvalue weighted by Gasteiger charge is -2.40. The Hall–Kier alpha value is -4.12. The number of benzene rings is 2. The predicted molar refractivity (Wildman–Crippen MR) is 161 cm³/mol. The Morgan fingerprint density at radius 2 is 1.42 bits per heavy atom. The van der Waals surface area contributed by atoms with E-state index in [4.69, 9.17) is 4.74 Å². The van der Waals surface area contributed by atoms with E-state index in [1.165, 1.54) is 35.4 Å². The Labute approximate surface area is 270 Å². The summed E-state index contributed by atoms with van der Waals surface area (Å²) >= 11 is 0. The molecular formula is C31H32F8N4O4S. The molecule has 2 saturated heterocycles. The molecule has 0 atom stereocenters. The fourth-order valence-electron chi connectivity index (χ4n) is 5.52. The van der Waals surface area contributed by atoms with Gasteiger partial charge in [0.05, 0.1) is 5.56 Å². The highest BCUT2D eigenvalue weighted by Crippen LogP contribution is 3.02. The van der Waals surface area contributed by atoms with E-state index in [0.717, 1.165) is 17.7 Å².